The first-order valence-electron chi connectivity index (χ1n) is 6.28. The van der Waals surface area contributed by atoms with Gasteiger partial charge >= 0.3 is 0 Å². The van der Waals surface area contributed by atoms with Crippen LogP contribution in [0.1, 0.15) is 13.3 Å². The molecule has 3 nitrogen and oxygen atoms in total. The van der Waals surface area contributed by atoms with Crippen LogP contribution in [0.15, 0.2) is 0 Å². The molecule has 0 radical (unpaired) electrons. The van der Waals surface area contributed by atoms with Gasteiger partial charge in [-0.15, -0.1) is 0 Å². The summed E-state index contributed by atoms with van der Waals surface area (Å²) >= 11 is 0. The van der Waals surface area contributed by atoms with E-state index in [-0.39, 0.29) is 0 Å². The van der Waals surface area contributed by atoms with Crippen LogP contribution in [-0.4, -0.2) is 74.1 Å². The summed E-state index contributed by atoms with van der Waals surface area (Å²) in [5.41, 5.74) is 0. The number of hydrogen-bond acceptors (Lipinski definition) is 3. The standard InChI is InChI=1S/C12H25N3/c1-11-10-14(3)5-4-12(11)15-8-6-13(2)7-9-15/h11-12H,4-10H2,1-3H3. The van der Waals surface area contributed by atoms with E-state index in [2.05, 4.69) is 35.7 Å². The van der Waals surface area contributed by atoms with Gasteiger partial charge in [0.25, 0.3) is 0 Å². The Morgan fingerprint density at radius 2 is 1.53 bits per heavy atom. The Kier molecular flexibility index (Phi) is 3.65. The fourth-order valence-corrected chi connectivity index (χ4v) is 3.04. The number of likely N-dealkylation sites (tertiary alicyclic amines) is 1. The third-order valence-corrected chi connectivity index (χ3v) is 4.07. The predicted molar refractivity (Wildman–Crippen MR) is 64.1 cm³/mol. The Bertz CT molecular complexity index is 199. The molecular weight excluding hydrogens is 186 g/mol. The largest absolute Gasteiger partial charge is 0.306 e. The Morgan fingerprint density at radius 1 is 0.867 bits per heavy atom. The lowest BCUT2D eigenvalue weighted by Gasteiger charge is -2.44. The van der Waals surface area contributed by atoms with E-state index >= 15 is 0 Å². The third-order valence-electron chi connectivity index (χ3n) is 4.07. The zero-order valence-corrected chi connectivity index (χ0v) is 10.4. The summed E-state index contributed by atoms with van der Waals surface area (Å²) in [5, 5.41) is 0. The zero-order chi connectivity index (χ0) is 10.8. The number of hydrogen-bond donors (Lipinski definition) is 0. The molecule has 0 saturated carbocycles. The van der Waals surface area contributed by atoms with E-state index in [1.807, 2.05) is 0 Å². The lowest BCUT2D eigenvalue weighted by molar-refractivity contribution is 0.0421. The van der Waals surface area contributed by atoms with Crippen molar-refractivity contribution in [1.82, 2.24) is 14.7 Å². The number of piperidine rings is 1. The van der Waals surface area contributed by atoms with Crippen molar-refractivity contribution in [2.24, 2.45) is 5.92 Å². The van der Waals surface area contributed by atoms with E-state index in [9.17, 15) is 0 Å². The summed E-state index contributed by atoms with van der Waals surface area (Å²) in [6.07, 6.45) is 1.36. The van der Waals surface area contributed by atoms with Crippen molar-refractivity contribution in [3.63, 3.8) is 0 Å². The second kappa shape index (κ2) is 4.81. The normalized spacial score (nSPS) is 37.0. The van der Waals surface area contributed by atoms with Gasteiger partial charge < -0.3 is 9.80 Å². The highest BCUT2D eigenvalue weighted by molar-refractivity contribution is 4.86. The minimum atomic E-state index is 0.840. The van der Waals surface area contributed by atoms with Crippen LogP contribution in [0.4, 0.5) is 0 Å². The number of rotatable bonds is 1. The summed E-state index contributed by atoms with van der Waals surface area (Å²) < 4.78 is 0. The molecule has 88 valence electrons. The van der Waals surface area contributed by atoms with Gasteiger partial charge in [0.05, 0.1) is 0 Å². The molecule has 3 heteroatoms. The predicted octanol–water partition coefficient (Wildman–Crippen LogP) is 0.574. The van der Waals surface area contributed by atoms with Crippen molar-refractivity contribution in [3.05, 3.63) is 0 Å². The summed E-state index contributed by atoms with van der Waals surface area (Å²) in [7, 11) is 4.48. The van der Waals surface area contributed by atoms with Gasteiger partial charge in [-0.3, -0.25) is 4.90 Å². The monoisotopic (exact) mass is 211 g/mol. The van der Waals surface area contributed by atoms with Gasteiger partial charge in [0, 0.05) is 38.8 Å². The fourth-order valence-electron chi connectivity index (χ4n) is 3.04. The first-order chi connectivity index (χ1) is 7.16. The molecule has 15 heavy (non-hydrogen) atoms. The molecule has 2 saturated heterocycles. The third kappa shape index (κ3) is 2.71. The van der Waals surface area contributed by atoms with Crippen molar-refractivity contribution < 1.29 is 0 Å². The van der Waals surface area contributed by atoms with Crippen molar-refractivity contribution in [2.75, 3.05) is 53.4 Å². The Hall–Kier alpha value is -0.120. The Morgan fingerprint density at radius 3 is 2.13 bits per heavy atom. The van der Waals surface area contributed by atoms with E-state index in [0.717, 1.165) is 12.0 Å². The average Bonchev–Trinajstić information content (AvgIpc) is 2.20. The van der Waals surface area contributed by atoms with E-state index in [1.54, 1.807) is 0 Å². The number of nitrogens with zero attached hydrogens (tertiary/aromatic N) is 3. The van der Waals surface area contributed by atoms with Gasteiger partial charge in [-0.25, -0.2) is 0 Å². The van der Waals surface area contributed by atoms with Crippen LogP contribution in [0.25, 0.3) is 0 Å². The molecule has 2 aliphatic rings. The molecule has 2 aliphatic heterocycles. The van der Waals surface area contributed by atoms with Crippen molar-refractivity contribution >= 4 is 0 Å². The Labute approximate surface area is 94.0 Å². The first kappa shape index (κ1) is 11.4. The molecule has 0 bridgehead atoms. The van der Waals surface area contributed by atoms with E-state index in [1.165, 1.54) is 45.7 Å². The molecule has 2 atom stereocenters. The molecule has 0 N–H and O–H groups in total. The smallest absolute Gasteiger partial charge is 0.0146 e. The molecular formula is C12H25N3. The molecule has 2 heterocycles. The maximum atomic E-state index is 2.72. The Balaban J connectivity index is 1.87. The summed E-state index contributed by atoms with van der Waals surface area (Å²) in [5.74, 6) is 0.840. The summed E-state index contributed by atoms with van der Waals surface area (Å²) in [6, 6.07) is 0.842. The molecule has 0 amide bonds. The van der Waals surface area contributed by atoms with Gasteiger partial charge in [0.15, 0.2) is 0 Å². The van der Waals surface area contributed by atoms with Crippen molar-refractivity contribution in [3.8, 4) is 0 Å². The second-order valence-corrected chi connectivity index (χ2v) is 5.43. The van der Waals surface area contributed by atoms with Crippen LogP contribution in [0.5, 0.6) is 0 Å². The van der Waals surface area contributed by atoms with Crippen LogP contribution in [0.3, 0.4) is 0 Å². The van der Waals surface area contributed by atoms with Crippen LogP contribution >= 0.6 is 0 Å². The molecule has 2 unspecified atom stereocenters. The van der Waals surface area contributed by atoms with Crippen molar-refractivity contribution in [1.29, 1.82) is 0 Å². The highest BCUT2D eigenvalue weighted by atomic mass is 15.3. The first-order valence-corrected chi connectivity index (χ1v) is 6.28. The molecule has 0 spiro atoms. The minimum absolute atomic E-state index is 0.840. The molecule has 0 aliphatic carbocycles. The minimum Gasteiger partial charge on any atom is -0.306 e. The zero-order valence-electron chi connectivity index (χ0n) is 10.4. The summed E-state index contributed by atoms with van der Waals surface area (Å²) in [6.45, 7) is 10.0. The average molecular weight is 211 g/mol. The molecule has 2 fully saturated rings. The lowest BCUT2D eigenvalue weighted by atomic mass is 9.92. The van der Waals surface area contributed by atoms with E-state index in [4.69, 9.17) is 0 Å². The van der Waals surface area contributed by atoms with Crippen LogP contribution in [0.2, 0.25) is 0 Å². The van der Waals surface area contributed by atoms with Gasteiger partial charge in [0.2, 0.25) is 0 Å². The quantitative estimate of drug-likeness (QED) is 0.628. The molecule has 0 aromatic carbocycles. The van der Waals surface area contributed by atoms with Crippen LogP contribution < -0.4 is 0 Å². The van der Waals surface area contributed by atoms with Crippen LogP contribution in [0, 0.1) is 5.92 Å². The second-order valence-electron chi connectivity index (χ2n) is 5.43. The molecule has 0 aromatic heterocycles. The molecule has 0 aromatic rings. The van der Waals surface area contributed by atoms with Crippen molar-refractivity contribution in [2.45, 2.75) is 19.4 Å². The maximum Gasteiger partial charge on any atom is 0.0146 e. The topological polar surface area (TPSA) is 9.72 Å². The van der Waals surface area contributed by atoms with Gasteiger partial charge in [-0.05, 0) is 33.0 Å². The summed E-state index contributed by atoms with van der Waals surface area (Å²) in [4.78, 5) is 7.63. The van der Waals surface area contributed by atoms with Gasteiger partial charge in [0.1, 0.15) is 0 Å². The number of piperazine rings is 1. The van der Waals surface area contributed by atoms with Crippen LogP contribution in [-0.2, 0) is 0 Å². The highest BCUT2D eigenvalue weighted by Crippen LogP contribution is 2.22. The highest BCUT2D eigenvalue weighted by Gasteiger charge is 2.30. The van der Waals surface area contributed by atoms with Gasteiger partial charge in [-0.1, -0.05) is 6.92 Å². The number of likely N-dealkylation sites (N-methyl/N-ethyl adjacent to an activating group) is 1. The van der Waals surface area contributed by atoms with E-state index in [0.29, 0.717) is 0 Å². The fraction of sp³-hybridized carbons (Fsp3) is 1.00. The van der Waals surface area contributed by atoms with E-state index < -0.39 is 0 Å². The lowest BCUT2D eigenvalue weighted by Crippen LogP contribution is -2.55. The molecule has 2 rings (SSSR count). The van der Waals surface area contributed by atoms with Gasteiger partial charge in [-0.2, -0.15) is 0 Å². The SMILES string of the molecule is CC1CN(C)CCC1N1CCN(C)CC1. The maximum absolute atomic E-state index is 2.72.